The summed E-state index contributed by atoms with van der Waals surface area (Å²) in [7, 11) is 0. The number of nitrogens with zero attached hydrogens (tertiary/aromatic N) is 1. The lowest BCUT2D eigenvalue weighted by atomic mass is 10.3. The number of fused-ring (bicyclic) bond motifs is 1. The van der Waals surface area contributed by atoms with Gasteiger partial charge < -0.3 is 15.2 Å². The molecule has 0 spiro atoms. The average molecular weight is 164 g/mol. The first-order chi connectivity index (χ1) is 5.86. The van der Waals surface area contributed by atoms with Crippen molar-refractivity contribution >= 4 is 5.82 Å². The second-order valence-electron chi connectivity index (χ2n) is 2.40. The maximum atomic E-state index is 5.48. The monoisotopic (exact) mass is 164 g/mol. The van der Waals surface area contributed by atoms with Gasteiger partial charge in [-0.1, -0.05) is 0 Å². The summed E-state index contributed by atoms with van der Waals surface area (Å²) in [5.41, 5.74) is 6.37. The Morgan fingerprint density at radius 3 is 3.17 bits per heavy atom. The molecule has 2 heterocycles. The molecule has 4 heteroatoms. The van der Waals surface area contributed by atoms with Gasteiger partial charge in [0.25, 0.3) is 0 Å². The summed E-state index contributed by atoms with van der Waals surface area (Å²) < 4.78 is 10.2. The molecule has 0 amide bonds. The van der Waals surface area contributed by atoms with Crippen molar-refractivity contribution in [3.8, 4) is 5.88 Å². The lowest BCUT2D eigenvalue weighted by Crippen LogP contribution is -1.96. The first-order valence-corrected chi connectivity index (χ1v) is 3.55. The summed E-state index contributed by atoms with van der Waals surface area (Å²) in [6.45, 7) is 0.471. The lowest BCUT2D eigenvalue weighted by Gasteiger charge is -2.03. The van der Waals surface area contributed by atoms with E-state index in [0.717, 1.165) is 5.56 Å². The molecule has 0 unspecified atom stereocenters. The highest BCUT2D eigenvalue weighted by molar-refractivity contribution is 5.37. The first-order valence-electron chi connectivity index (χ1n) is 3.55. The van der Waals surface area contributed by atoms with Crippen LogP contribution in [0.3, 0.4) is 0 Å². The molecule has 1 aliphatic heterocycles. The van der Waals surface area contributed by atoms with Crippen molar-refractivity contribution in [1.29, 1.82) is 0 Å². The SMILES string of the molecule is Nc1ccc2c(n1)OC=COC2. The predicted octanol–water partition coefficient (Wildman–Crippen LogP) is 1.04. The van der Waals surface area contributed by atoms with Gasteiger partial charge in [0.15, 0.2) is 0 Å². The topological polar surface area (TPSA) is 57.4 Å². The largest absolute Gasteiger partial charge is 0.493 e. The quantitative estimate of drug-likeness (QED) is 0.622. The van der Waals surface area contributed by atoms with Crippen LogP contribution < -0.4 is 10.5 Å². The molecule has 0 atom stereocenters. The minimum atomic E-state index is 0.448. The van der Waals surface area contributed by atoms with Crippen LogP contribution in [0.4, 0.5) is 5.82 Å². The van der Waals surface area contributed by atoms with Crippen LogP contribution in [0.25, 0.3) is 0 Å². The Kier molecular flexibility index (Phi) is 1.59. The van der Waals surface area contributed by atoms with Crippen LogP contribution in [0.1, 0.15) is 5.56 Å². The van der Waals surface area contributed by atoms with Gasteiger partial charge in [0.05, 0.1) is 5.56 Å². The van der Waals surface area contributed by atoms with E-state index in [4.69, 9.17) is 15.2 Å². The third-order valence-electron chi connectivity index (χ3n) is 1.53. The van der Waals surface area contributed by atoms with Gasteiger partial charge >= 0.3 is 0 Å². The third-order valence-corrected chi connectivity index (χ3v) is 1.53. The molecule has 0 radical (unpaired) electrons. The number of rotatable bonds is 0. The van der Waals surface area contributed by atoms with Crippen LogP contribution in [0.2, 0.25) is 0 Å². The molecule has 1 aromatic rings. The normalized spacial score (nSPS) is 14.0. The molecule has 1 aliphatic rings. The maximum absolute atomic E-state index is 5.48. The summed E-state index contributed by atoms with van der Waals surface area (Å²) >= 11 is 0. The van der Waals surface area contributed by atoms with Crippen molar-refractivity contribution in [1.82, 2.24) is 4.98 Å². The molecule has 62 valence electrons. The zero-order valence-corrected chi connectivity index (χ0v) is 6.36. The van der Waals surface area contributed by atoms with Gasteiger partial charge in [0, 0.05) is 0 Å². The van der Waals surface area contributed by atoms with Gasteiger partial charge in [0.1, 0.15) is 24.9 Å². The smallest absolute Gasteiger partial charge is 0.227 e. The number of nitrogens with two attached hydrogens (primary N) is 1. The minimum Gasteiger partial charge on any atom is -0.493 e. The van der Waals surface area contributed by atoms with Crippen molar-refractivity contribution < 1.29 is 9.47 Å². The molecule has 0 aromatic carbocycles. The van der Waals surface area contributed by atoms with Gasteiger partial charge in [0.2, 0.25) is 5.88 Å². The number of nitrogen functional groups attached to an aromatic ring is 1. The number of pyridine rings is 1. The zero-order valence-electron chi connectivity index (χ0n) is 6.36. The van der Waals surface area contributed by atoms with Crippen LogP contribution in [-0.2, 0) is 11.3 Å². The van der Waals surface area contributed by atoms with Gasteiger partial charge in [-0.2, -0.15) is 4.98 Å². The van der Waals surface area contributed by atoms with Crippen molar-refractivity contribution in [2.75, 3.05) is 5.73 Å². The molecule has 0 fully saturated rings. The highest BCUT2D eigenvalue weighted by Crippen LogP contribution is 2.20. The van der Waals surface area contributed by atoms with E-state index in [1.807, 2.05) is 6.07 Å². The second-order valence-corrected chi connectivity index (χ2v) is 2.40. The number of hydrogen-bond acceptors (Lipinski definition) is 4. The summed E-state index contributed by atoms with van der Waals surface area (Å²) in [5, 5.41) is 0. The van der Waals surface area contributed by atoms with E-state index in [2.05, 4.69) is 4.98 Å². The van der Waals surface area contributed by atoms with Crippen LogP contribution >= 0.6 is 0 Å². The molecule has 0 saturated heterocycles. The molecule has 0 aliphatic carbocycles. The summed E-state index contributed by atoms with van der Waals surface area (Å²) in [5.74, 6) is 0.966. The van der Waals surface area contributed by atoms with E-state index in [1.54, 1.807) is 6.07 Å². The molecule has 0 saturated carbocycles. The van der Waals surface area contributed by atoms with Crippen LogP contribution in [0.15, 0.2) is 24.7 Å². The fourth-order valence-electron chi connectivity index (χ4n) is 0.965. The third kappa shape index (κ3) is 1.18. The van der Waals surface area contributed by atoms with Crippen LogP contribution in [-0.4, -0.2) is 4.98 Å². The zero-order chi connectivity index (χ0) is 8.39. The number of ether oxygens (including phenoxy) is 2. The van der Waals surface area contributed by atoms with E-state index in [-0.39, 0.29) is 0 Å². The minimum absolute atomic E-state index is 0.448. The Bertz CT molecular complexity index is 323. The Morgan fingerprint density at radius 1 is 1.33 bits per heavy atom. The Labute approximate surface area is 69.6 Å². The molecular weight excluding hydrogens is 156 g/mol. The van der Waals surface area contributed by atoms with Crippen molar-refractivity contribution in [3.63, 3.8) is 0 Å². The number of anilines is 1. The summed E-state index contributed by atoms with van der Waals surface area (Å²) in [6, 6.07) is 3.56. The average Bonchev–Trinajstić information content (AvgIpc) is 2.28. The molecule has 2 rings (SSSR count). The lowest BCUT2D eigenvalue weighted by molar-refractivity contribution is 0.237. The second kappa shape index (κ2) is 2.73. The molecule has 1 aromatic heterocycles. The molecule has 4 nitrogen and oxygen atoms in total. The fourth-order valence-corrected chi connectivity index (χ4v) is 0.965. The number of aromatic nitrogens is 1. The van der Waals surface area contributed by atoms with Gasteiger partial charge in [-0.3, -0.25) is 0 Å². The van der Waals surface area contributed by atoms with E-state index in [1.165, 1.54) is 12.5 Å². The molecule has 2 N–H and O–H groups in total. The van der Waals surface area contributed by atoms with Crippen LogP contribution in [0.5, 0.6) is 5.88 Å². The van der Waals surface area contributed by atoms with Crippen molar-refractivity contribution in [3.05, 3.63) is 30.2 Å². The molecular formula is C8H8N2O2. The Balaban J connectivity index is 2.42. The Hall–Kier alpha value is -1.71. The van der Waals surface area contributed by atoms with E-state index in [9.17, 15) is 0 Å². The highest BCUT2D eigenvalue weighted by Gasteiger charge is 2.07. The van der Waals surface area contributed by atoms with E-state index in [0.29, 0.717) is 18.3 Å². The molecule has 12 heavy (non-hydrogen) atoms. The highest BCUT2D eigenvalue weighted by atomic mass is 16.5. The number of hydrogen-bond donors (Lipinski definition) is 1. The van der Waals surface area contributed by atoms with Gasteiger partial charge in [-0.15, -0.1) is 0 Å². The standard InChI is InChI=1S/C8H8N2O2/c9-7-2-1-6-5-11-3-4-12-8(6)10-7/h1-4H,5H2,(H2,9,10). The van der Waals surface area contributed by atoms with E-state index < -0.39 is 0 Å². The summed E-state index contributed by atoms with van der Waals surface area (Å²) in [6.07, 6.45) is 2.93. The van der Waals surface area contributed by atoms with Gasteiger partial charge in [-0.05, 0) is 12.1 Å². The maximum Gasteiger partial charge on any atom is 0.227 e. The van der Waals surface area contributed by atoms with Crippen molar-refractivity contribution in [2.45, 2.75) is 6.61 Å². The Morgan fingerprint density at radius 2 is 2.25 bits per heavy atom. The molecule has 0 bridgehead atoms. The van der Waals surface area contributed by atoms with Crippen LogP contribution in [0, 0.1) is 0 Å². The summed E-state index contributed by atoms with van der Waals surface area (Å²) in [4.78, 5) is 4.00. The predicted molar refractivity (Wildman–Crippen MR) is 43.2 cm³/mol. The first kappa shape index (κ1) is 6.97. The van der Waals surface area contributed by atoms with Crippen molar-refractivity contribution in [2.24, 2.45) is 0 Å². The van der Waals surface area contributed by atoms with Gasteiger partial charge in [-0.25, -0.2) is 0 Å². The van der Waals surface area contributed by atoms with E-state index >= 15 is 0 Å². The fraction of sp³-hybridized carbons (Fsp3) is 0.125.